The molecule has 0 unspecified atom stereocenters. The summed E-state index contributed by atoms with van der Waals surface area (Å²) in [6.45, 7) is 7.65. The van der Waals surface area contributed by atoms with Crippen LogP contribution >= 0.6 is 11.3 Å². The second-order valence-electron chi connectivity index (χ2n) is 8.33. The molecule has 0 saturated carbocycles. The molecule has 1 heterocycles. The van der Waals surface area contributed by atoms with Crippen molar-refractivity contribution in [3.05, 3.63) is 107 Å². The van der Waals surface area contributed by atoms with Crippen molar-refractivity contribution < 1.29 is 24.1 Å². The lowest BCUT2D eigenvalue weighted by atomic mass is 10.1. The molecule has 1 aromatic heterocycles. The van der Waals surface area contributed by atoms with Gasteiger partial charge in [0, 0.05) is 16.9 Å². The molecule has 0 bridgehead atoms. The fraction of sp³-hybridized carbons (Fsp3) is 0.226. The maximum absolute atomic E-state index is 10.8. The number of aliphatic carboxylic acids is 1. The van der Waals surface area contributed by atoms with Gasteiger partial charge in [-0.05, 0) is 66.9 Å². The molecule has 0 radical (unpaired) electrons. The van der Waals surface area contributed by atoms with Crippen LogP contribution in [-0.2, 0) is 17.8 Å². The number of rotatable bonds is 14. The van der Waals surface area contributed by atoms with Gasteiger partial charge in [-0.15, -0.1) is 11.3 Å². The number of carboxylic acids is 1. The number of nitrogens with zero attached hydrogens (tertiary/aromatic N) is 1. The fourth-order valence-electron chi connectivity index (χ4n) is 3.58. The lowest BCUT2D eigenvalue weighted by molar-refractivity contribution is -0.139. The first-order valence-corrected chi connectivity index (χ1v) is 13.1. The van der Waals surface area contributed by atoms with Gasteiger partial charge in [0.2, 0.25) is 0 Å². The van der Waals surface area contributed by atoms with Crippen LogP contribution in [0.2, 0.25) is 0 Å². The van der Waals surface area contributed by atoms with Crippen LogP contribution in [0, 0.1) is 6.92 Å². The van der Waals surface area contributed by atoms with Gasteiger partial charge in [-0.1, -0.05) is 50.0 Å². The summed E-state index contributed by atoms with van der Waals surface area (Å²) in [6, 6.07) is 13.2. The van der Waals surface area contributed by atoms with Crippen molar-refractivity contribution in [3.63, 3.8) is 0 Å². The van der Waals surface area contributed by atoms with Crippen LogP contribution in [0.5, 0.6) is 17.2 Å². The number of hydrogen-bond donors (Lipinski definition) is 1. The highest BCUT2D eigenvalue weighted by atomic mass is 32.1. The van der Waals surface area contributed by atoms with Gasteiger partial charge in [-0.2, -0.15) is 0 Å². The van der Waals surface area contributed by atoms with Crippen molar-refractivity contribution in [2.45, 2.75) is 33.3 Å². The van der Waals surface area contributed by atoms with Crippen LogP contribution in [0.4, 0.5) is 0 Å². The molecule has 2 aromatic carbocycles. The topological polar surface area (TPSA) is 77.9 Å². The number of methoxy groups -OCH3 is 1. The molecule has 38 heavy (non-hydrogen) atoms. The number of benzene rings is 2. The third-order valence-corrected chi connectivity index (χ3v) is 6.62. The molecule has 0 aliphatic heterocycles. The molecule has 3 rings (SSSR count). The van der Waals surface area contributed by atoms with Crippen molar-refractivity contribution in [3.8, 4) is 28.5 Å². The number of aromatic nitrogens is 1. The summed E-state index contributed by atoms with van der Waals surface area (Å²) in [5, 5.41) is 9.69. The van der Waals surface area contributed by atoms with Gasteiger partial charge in [-0.25, -0.2) is 9.78 Å². The van der Waals surface area contributed by atoms with E-state index in [0.29, 0.717) is 18.1 Å². The van der Waals surface area contributed by atoms with Gasteiger partial charge in [0.15, 0.2) is 6.61 Å². The van der Waals surface area contributed by atoms with Crippen molar-refractivity contribution in [2.75, 3.05) is 13.7 Å². The Kier molecular flexibility index (Phi) is 10.9. The summed E-state index contributed by atoms with van der Waals surface area (Å²) in [5.41, 5.74) is 3.98. The zero-order valence-electron chi connectivity index (χ0n) is 22.0. The van der Waals surface area contributed by atoms with Crippen molar-refractivity contribution in [1.29, 1.82) is 0 Å². The maximum atomic E-state index is 10.8. The predicted molar refractivity (Wildman–Crippen MR) is 153 cm³/mol. The van der Waals surface area contributed by atoms with Crippen LogP contribution in [0.3, 0.4) is 0 Å². The summed E-state index contributed by atoms with van der Waals surface area (Å²) in [7, 11) is 1.65. The molecule has 0 aliphatic carbocycles. The molecule has 0 atom stereocenters. The number of carboxylic acid groups (broad SMARTS) is 1. The third-order valence-electron chi connectivity index (χ3n) is 5.57. The van der Waals surface area contributed by atoms with Crippen LogP contribution in [0.1, 0.15) is 28.8 Å². The molecule has 3 aromatic rings. The Morgan fingerprint density at radius 2 is 1.87 bits per heavy atom. The molecule has 7 heteroatoms. The number of hydrogen-bond acceptors (Lipinski definition) is 6. The summed E-state index contributed by atoms with van der Waals surface area (Å²) in [4.78, 5) is 16.8. The van der Waals surface area contributed by atoms with E-state index < -0.39 is 5.97 Å². The van der Waals surface area contributed by atoms with Crippen molar-refractivity contribution >= 4 is 17.3 Å². The molecule has 1 N–H and O–H groups in total. The Morgan fingerprint density at radius 1 is 1.11 bits per heavy atom. The molecule has 198 valence electrons. The van der Waals surface area contributed by atoms with Crippen LogP contribution in [0.25, 0.3) is 11.3 Å². The quantitative estimate of drug-likeness (QED) is 0.219. The SMILES string of the molecule is C=C\C=C/C(=C/C=C\Cc1sc(COc2ccc(OCC(=O)O)c(C)c2)nc1-c1ccc(OC)cc1)CC. The predicted octanol–water partition coefficient (Wildman–Crippen LogP) is 7.35. The van der Waals surface area contributed by atoms with Gasteiger partial charge in [-0.3, -0.25) is 0 Å². The first kappa shape index (κ1) is 28.5. The second-order valence-corrected chi connectivity index (χ2v) is 9.50. The Morgan fingerprint density at radius 3 is 2.53 bits per heavy atom. The number of allylic oxidation sites excluding steroid dienone is 7. The zero-order valence-corrected chi connectivity index (χ0v) is 22.8. The fourth-order valence-corrected chi connectivity index (χ4v) is 4.56. The number of thiazole rings is 1. The highest BCUT2D eigenvalue weighted by Gasteiger charge is 2.14. The first-order valence-electron chi connectivity index (χ1n) is 12.3. The Labute approximate surface area is 228 Å². The highest BCUT2D eigenvalue weighted by molar-refractivity contribution is 7.12. The molecule has 6 nitrogen and oxygen atoms in total. The number of aryl methyl sites for hydroxylation is 1. The van der Waals surface area contributed by atoms with Crippen LogP contribution in [0.15, 0.2) is 91.1 Å². The molecular formula is C31H33NO5S. The molecule has 0 aliphatic rings. The zero-order chi connectivity index (χ0) is 27.3. The standard InChI is InChI=1S/C31H33NO5S/c1-5-7-10-23(6-2)11-8-9-12-28-31(24-13-15-25(35-4)16-14-24)32-29(38-28)20-36-26-17-18-27(22(3)19-26)37-21-30(33)34/h5,7-11,13-19H,1,6,12,20-21H2,2-4H3,(H,33,34)/b9-8-,10-7-,23-11+. The monoisotopic (exact) mass is 531 g/mol. The van der Waals surface area contributed by atoms with E-state index >= 15 is 0 Å². The maximum Gasteiger partial charge on any atom is 0.341 e. The minimum atomic E-state index is -1.02. The van der Waals surface area contributed by atoms with E-state index in [1.165, 1.54) is 5.57 Å². The van der Waals surface area contributed by atoms with E-state index in [-0.39, 0.29) is 6.61 Å². The first-order chi connectivity index (χ1) is 18.4. The van der Waals surface area contributed by atoms with Gasteiger partial charge >= 0.3 is 5.97 Å². The largest absolute Gasteiger partial charge is 0.497 e. The van der Waals surface area contributed by atoms with Gasteiger partial charge in [0.25, 0.3) is 0 Å². The smallest absolute Gasteiger partial charge is 0.341 e. The van der Waals surface area contributed by atoms with Gasteiger partial charge in [0.05, 0.1) is 12.8 Å². The Bertz CT molecular complexity index is 1320. The minimum absolute atomic E-state index is 0.318. The van der Waals surface area contributed by atoms with E-state index in [9.17, 15) is 4.79 Å². The minimum Gasteiger partial charge on any atom is -0.497 e. The molecule has 0 amide bonds. The summed E-state index contributed by atoms with van der Waals surface area (Å²) in [5.74, 6) is 0.964. The summed E-state index contributed by atoms with van der Waals surface area (Å²) < 4.78 is 16.6. The lowest BCUT2D eigenvalue weighted by Gasteiger charge is -2.09. The number of carbonyl (C=O) groups is 1. The molecule has 0 spiro atoms. The number of ether oxygens (including phenoxy) is 3. The highest BCUT2D eigenvalue weighted by Crippen LogP contribution is 2.31. The van der Waals surface area contributed by atoms with E-state index in [2.05, 4.69) is 37.8 Å². The van der Waals surface area contributed by atoms with E-state index in [0.717, 1.165) is 45.3 Å². The van der Waals surface area contributed by atoms with Gasteiger partial charge in [0.1, 0.15) is 28.9 Å². The Hall–Kier alpha value is -4.10. The molecular weight excluding hydrogens is 498 g/mol. The van der Waals surface area contributed by atoms with Gasteiger partial charge < -0.3 is 19.3 Å². The van der Waals surface area contributed by atoms with Crippen molar-refractivity contribution in [1.82, 2.24) is 4.98 Å². The van der Waals surface area contributed by atoms with E-state index in [1.54, 1.807) is 36.7 Å². The van der Waals surface area contributed by atoms with Crippen molar-refractivity contribution in [2.24, 2.45) is 0 Å². The Balaban J connectivity index is 1.78. The molecule has 0 saturated heterocycles. The average molecular weight is 532 g/mol. The summed E-state index contributed by atoms with van der Waals surface area (Å²) >= 11 is 1.62. The average Bonchev–Trinajstić information content (AvgIpc) is 3.33. The van der Waals surface area contributed by atoms with Crippen LogP contribution in [-0.4, -0.2) is 29.8 Å². The molecule has 0 fully saturated rings. The second kappa shape index (κ2) is 14.6. The third kappa shape index (κ3) is 8.49. The lowest BCUT2D eigenvalue weighted by Crippen LogP contribution is -2.10. The normalized spacial score (nSPS) is 11.7. The summed E-state index contributed by atoms with van der Waals surface area (Å²) in [6.07, 6.45) is 13.8. The van der Waals surface area contributed by atoms with E-state index in [4.69, 9.17) is 24.3 Å². The van der Waals surface area contributed by atoms with Crippen LogP contribution < -0.4 is 14.2 Å². The van der Waals surface area contributed by atoms with E-state index in [1.807, 2.05) is 43.3 Å².